The summed E-state index contributed by atoms with van der Waals surface area (Å²) in [5.41, 5.74) is 18.8. The molecule has 0 spiro atoms. The number of para-hydroxylation sites is 2. The van der Waals surface area contributed by atoms with E-state index >= 15 is 0 Å². The minimum atomic E-state index is -0.0588. The molecule has 0 saturated carbocycles. The van der Waals surface area contributed by atoms with Crippen molar-refractivity contribution in [3.63, 3.8) is 0 Å². The van der Waals surface area contributed by atoms with Gasteiger partial charge in [0, 0.05) is 83.6 Å². The minimum absolute atomic E-state index is 0. The van der Waals surface area contributed by atoms with Crippen molar-refractivity contribution in [2.75, 3.05) is 0 Å². The Morgan fingerprint density at radius 1 is 0.454 bits per heavy atom. The van der Waals surface area contributed by atoms with Crippen LogP contribution in [0.15, 0.2) is 279 Å². The van der Waals surface area contributed by atoms with Gasteiger partial charge in [0.2, 0.25) is 0 Å². The molecule has 611 valence electrons. The van der Waals surface area contributed by atoms with Crippen molar-refractivity contribution < 1.29 is 29.7 Å². The van der Waals surface area contributed by atoms with Crippen molar-refractivity contribution >= 4 is 119 Å². The standard InChI is InChI=1S/C53H58.C29H31NO2.2C13H8NS.3CH4.Ir/c1-5-7-9-11-13-19-29-53(30-20-14-12-10-8-6-2)50-31-37(3)25-27-45(50)46-28-26-41(36-51(46)53)52-47-24-18-17-23-44(47)38(4)48-34-42-32-39-21-15-16-22-40(39)33-43(42)35-49(48)52;1-20(24-15-12-23(13-16-24)14-17-25(32)19-22(3)31)18-21(2)30-28-10-6-4-8-26(28)27-9-5-7-11-29(27)30;2*1-2-7-12-10(5-1)9-13(15-12)11-6-3-4-8-14-11;;;;/h15-18,21-28,31-36H,5-14,19-20,29-30H2,1-4H3;4-13,15-16,20-21H,14,17-19H2,1-3H3;2*1-8H;3*1H4;/q;;2*-1;;;;. The zero-order valence-electron chi connectivity index (χ0n) is 68.2. The van der Waals surface area contributed by atoms with E-state index in [4.69, 9.17) is 0 Å². The van der Waals surface area contributed by atoms with Gasteiger partial charge in [-0.15, -0.1) is 47.2 Å². The predicted octanol–water partition coefficient (Wildman–Crippen LogP) is 32.8. The van der Waals surface area contributed by atoms with Crippen LogP contribution >= 0.6 is 22.7 Å². The molecular weight excluding hydrogens is 1660 g/mol. The van der Waals surface area contributed by atoms with Gasteiger partial charge in [-0.2, -0.15) is 0 Å². The Hall–Kier alpha value is -10.3. The number of thiophene rings is 2. The van der Waals surface area contributed by atoms with E-state index in [1.807, 2.05) is 60.9 Å². The fourth-order valence-corrected chi connectivity index (χ4v) is 19.8. The number of nitrogens with zero attached hydrogens (tertiary/aromatic N) is 3. The van der Waals surface area contributed by atoms with Crippen molar-refractivity contribution in [3.8, 4) is 43.4 Å². The number of pyridine rings is 2. The largest absolute Gasteiger partial charge is 0.338 e. The molecular formula is C111H117IrN3O2S2-2. The number of Topliss-reactive ketones (excluding diaryl/α,β-unsaturated/α-hetero) is 2. The van der Waals surface area contributed by atoms with Gasteiger partial charge in [-0.3, -0.25) is 9.59 Å². The average molecular weight is 1780 g/mol. The molecule has 0 N–H and O–H groups in total. The molecule has 0 amide bonds. The van der Waals surface area contributed by atoms with Crippen molar-refractivity contribution in [2.24, 2.45) is 0 Å². The molecule has 0 saturated heterocycles. The summed E-state index contributed by atoms with van der Waals surface area (Å²) in [6.07, 6.45) is 24.4. The molecule has 119 heavy (non-hydrogen) atoms. The molecule has 1 aliphatic rings. The summed E-state index contributed by atoms with van der Waals surface area (Å²) in [6.45, 7) is 15.3. The van der Waals surface area contributed by atoms with E-state index in [-0.39, 0.29) is 65.8 Å². The minimum Gasteiger partial charge on any atom is -0.338 e. The second kappa shape index (κ2) is 42.1. The van der Waals surface area contributed by atoms with Crippen molar-refractivity contribution in [2.45, 2.75) is 204 Å². The number of rotatable bonds is 26. The topological polar surface area (TPSA) is 64.8 Å². The van der Waals surface area contributed by atoms with Gasteiger partial charge in [0.15, 0.2) is 0 Å². The molecule has 2 unspecified atom stereocenters. The zero-order chi connectivity index (χ0) is 79.2. The Kier molecular flexibility index (Phi) is 31.6. The number of fused-ring (bicyclic) bond motifs is 12. The monoisotopic (exact) mass is 1780 g/mol. The van der Waals surface area contributed by atoms with E-state index in [1.165, 1.54) is 221 Å². The molecule has 5 nitrogen and oxygen atoms in total. The van der Waals surface area contributed by atoms with Crippen molar-refractivity contribution in [3.05, 3.63) is 325 Å². The SMILES string of the molecule is C.C.C.CC(=O)CC(=O)CCc1ccc(C(C)CC(C)n2c3ccccc3c3ccccc32)cc1.CCCCCCCCC1(CCCCCCCC)c2cc(C)ccc2-c2ccc(-c3c4ccccc4c(C)c4cc5cc6ccccc6cc5cc34)cc21.[Ir].[c-]1c(-c2ccccn2)sc2ccccc12.[c-]1c(-c2ccccn2)sc2ccccc12. The van der Waals surface area contributed by atoms with Gasteiger partial charge in [-0.05, 0) is 226 Å². The predicted molar refractivity (Wildman–Crippen MR) is 514 cm³/mol. The maximum Gasteiger partial charge on any atom is 0.140 e. The molecule has 5 heterocycles. The Morgan fingerprint density at radius 3 is 1.45 bits per heavy atom. The Morgan fingerprint density at radius 2 is 0.924 bits per heavy atom. The van der Waals surface area contributed by atoms with Gasteiger partial charge in [-0.25, -0.2) is 22.7 Å². The van der Waals surface area contributed by atoms with Crippen LogP contribution in [-0.2, 0) is 41.5 Å². The molecule has 8 heteroatoms. The molecule has 18 rings (SSSR count). The van der Waals surface area contributed by atoms with Crippen molar-refractivity contribution in [1.29, 1.82) is 0 Å². The Labute approximate surface area is 729 Å². The smallest absolute Gasteiger partial charge is 0.140 e. The number of carbonyl (C=O) groups is 2. The summed E-state index contributed by atoms with van der Waals surface area (Å²) >= 11 is 3.46. The van der Waals surface area contributed by atoms with Gasteiger partial charge < -0.3 is 14.5 Å². The number of unbranched alkanes of at least 4 members (excludes halogenated alkanes) is 10. The maximum atomic E-state index is 11.8. The first-order chi connectivity index (χ1) is 56.3. The van der Waals surface area contributed by atoms with Crippen LogP contribution in [0.3, 0.4) is 0 Å². The number of carbonyl (C=O) groups excluding carboxylic acids is 2. The summed E-state index contributed by atoms with van der Waals surface area (Å²) < 4.78 is 5.01. The second-order valence-electron chi connectivity index (χ2n) is 32.0. The Bertz CT molecular complexity index is 5990. The number of hydrogen-bond acceptors (Lipinski definition) is 6. The average Bonchev–Trinajstić information content (AvgIpc) is 1.63. The van der Waals surface area contributed by atoms with Gasteiger partial charge >= 0.3 is 0 Å². The molecule has 12 aromatic carbocycles. The van der Waals surface area contributed by atoms with Crippen LogP contribution in [0.4, 0.5) is 0 Å². The molecule has 5 aromatic heterocycles. The summed E-state index contributed by atoms with van der Waals surface area (Å²) in [7, 11) is 0. The van der Waals surface area contributed by atoms with Crippen LogP contribution in [0.25, 0.3) is 128 Å². The van der Waals surface area contributed by atoms with E-state index in [2.05, 4.69) is 287 Å². The third-order valence-electron chi connectivity index (χ3n) is 23.8. The summed E-state index contributed by atoms with van der Waals surface area (Å²) in [5, 5.41) is 15.7. The Balaban J connectivity index is 0.000000176. The van der Waals surface area contributed by atoms with E-state index in [0.717, 1.165) is 33.1 Å². The van der Waals surface area contributed by atoms with Crippen LogP contribution in [-0.4, -0.2) is 26.1 Å². The molecule has 1 radical (unpaired) electrons. The zero-order valence-corrected chi connectivity index (χ0v) is 72.3. The van der Waals surface area contributed by atoms with Crippen molar-refractivity contribution in [1.82, 2.24) is 14.5 Å². The summed E-state index contributed by atoms with van der Waals surface area (Å²) in [6, 6.07) is 104. The molecule has 2 atom stereocenters. The molecule has 0 aliphatic heterocycles. The number of aryl methyl sites for hydroxylation is 3. The van der Waals surface area contributed by atoms with E-state index in [9.17, 15) is 9.59 Å². The van der Waals surface area contributed by atoms with Gasteiger partial charge in [-0.1, -0.05) is 314 Å². The van der Waals surface area contributed by atoms with Gasteiger partial charge in [0.05, 0.1) is 6.42 Å². The first-order valence-electron chi connectivity index (χ1n) is 42.1. The van der Waals surface area contributed by atoms with Crippen LogP contribution < -0.4 is 0 Å². The quantitative estimate of drug-likeness (QED) is 0.0235. The fraction of sp³-hybridized carbons (Fsp3) is 0.279. The molecule has 1 aliphatic carbocycles. The van der Waals surface area contributed by atoms with Crippen LogP contribution in [0.2, 0.25) is 0 Å². The van der Waals surface area contributed by atoms with Gasteiger partial charge in [0.1, 0.15) is 11.6 Å². The van der Waals surface area contributed by atoms with Crippen LogP contribution in [0.1, 0.15) is 211 Å². The third-order valence-corrected chi connectivity index (χ3v) is 25.9. The third kappa shape index (κ3) is 20.4. The van der Waals surface area contributed by atoms with Gasteiger partial charge in [0.25, 0.3) is 0 Å². The number of hydrogen-bond donors (Lipinski definition) is 0. The fourth-order valence-electron chi connectivity index (χ4n) is 17.9. The first kappa shape index (κ1) is 89.5. The van der Waals surface area contributed by atoms with E-state index < -0.39 is 0 Å². The van der Waals surface area contributed by atoms with E-state index in [1.54, 1.807) is 33.8 Å². The number of benzene rings is 12. The normalized spacial score (nSPS) is 12.2. The molecule has 17 aromatic rings. The summed E-state index contributed by atoms with van der Waals surface area (Å²) in [4.78, 5) is 33.7. The maximum absolute atomic E-state index is 11.8. The molecule has 0 bridgehead atoms. The second-order valence-corrected chi connectivity index (χ2v) is 34.1. The van der Waals surface area contributed by atoms with E-state index in [0.29, 0.717) is 24.8 Å². The molecule has 0 fully saturated rings. The summed E-state index contributed by atoms with van der Waals surface area (Å²) in [5.74, 6) is 0.379. The number of aromatic nitrogens is 3. The van der Waals surface area contributed by atoms with Crippen LogP contribution in [0, 0.1) is 26.0 Å². The number of ketones is 2. The first-order valence-corrected chi connectivity index (χ1v) is 43.7. The van der Waals surface area contributed by atoms with Crippen LogP contribution in [0.5, 0.6) is 0 Å².